The predicted octanol–water partition coefficient (Wildman–Crippen LogP) is 2.68. The SMILES string of the molecule is O=C(NCCCO)c1ccccc1C(=O)c1ccc(Cl)cc1. The Morgan fingerprint density at radius 1 is 1.00 bits per heavy atom. The summed E-state index contributed by atoms with van der Waals surface area (Å²) in [5, 5.41) is 12.0. The Hall–Kier alpha value is -2.17. The third-order valence-corrected chi connectivity index (χ3v) is 3.40. The molecule has 2 N–H and O–H groups in total. The Morgan fingerprint density at radius 2 is 1.64 bits per heavy atom. The van der Waals surface area contributed by atoms with Crippen LogP contribution in [0.2, 0.25) is 5.02 Å². The maximum absolute atomic E-state index is 12.5. The van der Waals surface area contributed by atoms with E-state index in [9.17, 15) is 9.59 Å². The van der Waals surface area contributed by atoms with Crippen LogP contribution in [-0.4, -0.2) is 29.9 Å². The average Bonchev–Trinajstić information content (AvgIpc) is 2.55. The molecular formula is C17H16ClNO3. The second-order valence-corrected chi connectivity index (χ2v) is 5.15. The van der Waals surface area contributed by atoms with Crippen LogP contribution in [-0.2, 0) is 0 Å². The highest BCUT2D eigenvalue weighted by Gasteiger charge is 2.17. The molecule has 0 fully saturated rings. The highest BCUT2D eigenvalue weighted by atomic mass is 35.5. The first-order valence-corrected chi connectivity index (χ1v) is 7.29. The molecule has 2 aromatic rings. The van der Waals surface area contributed by atoms with E-state index < -0.39 is 0 Å². The van der Waals surface area contributed by atoms with Gasteiger partial charge in [0.25, 0.3) is 5.91 Å². The molecule has 0 heterocycles. The molecule has 0 aliphatic heterocycles. The topological polar surface area (TPSA) is 66.4 Å². The van der Waals surface area contributed by atoms with Crippen LogP contribution in [0.4, 0.5) is 0 Å². The molecule has 114 valence electrons. The molecule has 0 radical (unpaired) electrons. The van der Waals surface area contributed by atoms with Gasteiger partial charge in [0.1, 0.15) is 0 Å². The van der Waals surface area contributed by atoms with Gasteiger partial charge in [-0.15, -0.1) is 0 Å². The third kappa shape index (κ3) is 3.93. The Bertz CT molecular complexity index is 668. The first-order valence-electron chi connectivity index (χ1n) is 6.92. The summed E-state index contributed by atoms with van der Waals surface area (Å²) in [6.45, 7) is 0.366. The van der Waals surface area contributed by atoms with E-state index >= 15 is 0 Å². The predicted molar refractivity (Wildman–Crippen MR) is 85.4 cm³/mol. The second-order valence-electron chi connectivity index (χ2n) is 4.71. The number of ketones is 1. The van der Waals surface area contributed by atoms with Crippen molar-refractivity contribution in [2.75, 3.05) is 13.2 Å². The van der Waals surface area contributed by atoms with Crippen LogP contribution in [0.1, 0.15) is 32.7 Å². The average molecular weight is 318 g/mol. The lowest BCUT2D eigenvalue weighted by Gasteiger charge is -2.09. The van der Waals surface area contributed by atoms with Crippen LogP contribution in [0.15, 0.2) is 48.5 Å². The molecule has 0 bridgehead atoms. The minimum Gasteiger partial charge on any atom is -0.396 e. The summed E-state index contributed by atoms with van der Waals surface area (Å²) >= 11 is 5.82. The highest BCUT2D eigenvalue weighted by molar-refractivity contribution is 6.30. The zero-order valence-corrected chi connectivity index (χ0v) is 12.6. The van der Waals surface area contributed by atoms with E-state index in [1.807, 2.05) is 0 Å². The summed E-state index contributed by atoms with van der Waals surface area (Å²) < 4.78 is 0. The van der Waals surface area contributed by atoms with Crippen LogP contribution in [0, 0.1) is 0 Å². The monoisotopic (exact) mass is 317 g/mol. The van der Waals surface area contributed by atoms with E-state index in [0.717, 1.165) is 0 Å². The van der Waals surface area contributed by atoms with Gasteiger partial charge in [-0.3, -0.25) is 9.59 Å². The first-order chi connectivity index (χ1) is 10.6. The molecule has 1 amide bonds. The second kappa shape index (κ2) is 7.73. The Kier molecular flexibility index (Phi) is 5.69. The van der Waals surface area contributed by atoms with Crippen molar-refractivity contribution >= 4 is 23.3 Å². The number of hydrogen-bond donors (Lipinski definition) is 2. The van der Waals surface area contributed by atoms with Crippen molar-refractivity contribution in [3.63, 3.8) is 0 Å². The summed E-state index contributed by atoms with van der Waals surface area (Å²) in [6.07, 6.45) is 0.471. The lowest BCUT2D eigenvalue weighted by Crippen LogP contribution is -2.26. The molecule has 4 nitrogen and oxygen atoms in total. The minimum absolute atomic E-state index is 0.00559. The van der Waals surface area contributed by atoms with Crippen molar-refractivity contribution in [1.82, 2.24) is 5.32 Å². The van der Waals surface area contributed by atoms with Gasteiger partial charge in [-0.05, 0) is 36.8 Å². The van der Waals surface area contributed by atoms with Gasteiger partial charge in [-0.25, -0.2) is 0 Å². The summed E-state index contributed by atoms with van der Waals surface area (Å²) in [4.78, 5) is 24.7. The Balaban J connectivity index is 2.25. The molecule has 22 heavy (non-hydrogen) atoms. The van der Waals surface area contributed by atoms with E-state index in [1.54, 1.807) is 48.5 Å². The van der Waals surface area contributed by atoms with E-state index in [4.69, 9.17) is 16.7 Å². The summed E-state index contributed by atoms with van der Waals surface area (Å²) in [5.41, 5.74) is 1.13. The van der Waals surface area contributed by atoms with Crippen LogP contribution in [0.5, 0.6) is 0 Å². The van der Waals surface area contributed by atoms with Gasteiger partial charge in [0.15, 0.2) is 5.78 Å². The fraction of sp³-hybridized carbons (Fsp3) is 0.176. The molecule has 2 rings (SSSR count). The van der Waals surface area contributed by atoms with Gasteiger partial charge in [0.2, 0.25) is 0 Å². The van der Waals surface area contributed by atoms with Crippen LogP contribution in [0.3, 0.4) is 0 Å². The van der Waals surface area contributed by atoms with Crippen LogP contribution < -0.4 is 5.32 Å². The van der Waals surface area contributed by atoms with Crippen molar-refractivity contribution in [3.05, 3.63) is 70.2 Å². The van der Waals surface area contributed by atoms with Crippen molar-refractivity contribution < 1.29 is 14.7 Å². The fourth-order valence-electron chi connectivity index (χ4n) is 2.01. The minimum atomic E-state index is -0.327. The fourth-order valence-corrected chi connectivity index (χ4v) is 2.14. The smallest absolute Gasteiger partial charge is 0.252 e. The van der Waals surface area contributed by atoms with Gasteiger partial charge in [-0.2, -0.15) is 0 Å². The zero-order chi connectivity index (χ0) is 15.9. The molecule has 0 aromatic heterocycles. The quantitative estimate of drug-likeness (QED) is 0.636. The molecule has 0 saturated carbocycles. The van der Waals surface area contributed by atoms with Gasteiger partial charge >= 0.3 is 0 Å². The summed E-state index contributed by atoms with van der Waals surface area (Å²) in [6, 6.07) is 13.2. The molecule has 0 saturated heterocycles. The number of aliphatic hydroxyl groups is 1. The largest absolute Gasteiger partial charge is 0.396 e. The van der Waals surface area contributed by atoms with Crippen molar-refractivity contribution in [1.29, 1.82) is 0 Å². The number of halogens is 1. The number of carbonyl (C=O) groups excluding carboxylic acids is 2. The maximum Gasteiger partial charge on any atom is 0.252 e. The Labute approximate surface area is 133 Å². The number of amides is 1. The maximum atomic E-state index is 12.5. The number of benzene rings is 2. The van der Waals surface area contributed by atoms with Gasteiger partial charge in [0, 0.05) is 29.3 Å². The molecule has 0 atom stereocenters. The van der Waals surface area contributed by atoms with Crippen molar-refractivity contribution in [2.45, 2.75) is 6.42 Å². The number of hydrogen-bond acceptors (Lipinski definition) is 3. The number of rotatable bonds is 6. The Morgan fingerprint density at radius 3 is 2.27 bits per heavy atom. The molecule has 0 unspecified atom stereocenters. The summed E-state index contributed by atoms with van der Waals surface area (Å²) in [5.74, 6) is -0.559. The van der Waals surface area contributed by atoms with Crippen LogP contribution >= 0.6 is 11.6 Å². The van der Waals surface area contributed by atoms with E-state index in [1.165, 1.54) is 0 Å². The molecule has 5 heteroatoms. The molecular weight excluding hydrogens is 302 g/mol. The van der Waals surface area contributed by atoms with E-state index in [2.05, 4.69) is 5.32 Å². The van der Waals surface area contributed by atoms with Gasteiger partial charge in [-0.1, -0.05) is 29.8 Å². The van der Waals surface area contributed by atoms with Gasteiger partial charge < -0.3 is 10.4 Å². The number of carbonyl (C=O) groups is 2. The summed E-state index contributed by atoms with van der Waals surface area (Å²) in [7, 11) is 0. The van der Waals surface area contributed by atoms with E-state index in [-0.39, 0.29) is 18.3 Å². The highest BCUT2D eigenvalue weighted by Crippen LogP contribution is 2.17. The lowest BCUT2D eigenvalue weighted by molar-refractivity contribution is 0.0940. The third-order valence-electron chi connectivity index (χ3n) is 3.14. The van der Waals surface area contributed by atoms with Crippen molar-refractivity contribution in [2.24, 2.45) is 0 Å². The van der Waals surface area contributed by atoms with Crippen molar-refractivity contribution in [3.8, 4) is 0 Å². The van der Waals surface area contributed by atoms with E-state index in [0.29, 0.717) is 34.7 Å². The van der Waals surface area contributed by atoms with Crippen LogP contribution in [0.25, 0.3) is 0 Å². The molecule has 0 spiro atoms. The molecule has 2 aromatic carbocycles. The lowest BCUT2D eigenvalue weighted by atomic mass is 9.98. The zero-order valence-electron chi connectivity index (χ0n) is 11.9. The van der Waals surface area contributed by atoms with Gasteiger partial charge in [0.05, 0.1) is 5.56 Å². The number of nitrogens with one attached hydrogen (secondary N) is 1. The standard InChI is InChI=1S/C17H16ClNO3/c18-13-8-6-12(7-9-13)16(21)14-4-1-2-5-15(14)17(22)19-10-3-11-20/h1-2,4-9,20H,3,10-11H2,(H,19,22). The molecule has 0 aliphatic carbocycles. The number of aliphatic hydroxyl groups excluding tert-OH is 1. The first kappa shape index (κ1) is 16.2. The normalized spacial score (nSPS) is 10.3. The molecule has 0 aliphatic rings.